The number of benzene rings is 1. The van der Waals surface area contributed by atoms with Crippen LogP contribution in [-0.2, 0) is 6.54 Å². The van der Waals surface area contributed by atoms with Crippen LogP contribution in [0, 0.1) is 20.8 Å². The lowest BCUT2D eigenvalue weighted by Gasteiger charge is -2.44. The number of aromatic amines is 1. The van der Waals surface area contributed by atoms with Gasteiger partial charge in [-0.3, -0.25) is 24.3 Å². The Bertz CT molecular complexity index is 1450. The fourth-order valence-electron chi connectivity index (χ4n) is 5.60. The summed E-state index contributed by atoms with van der Waals surface area (Å²) in [5.41, 5.74) is 6.57. The van der Waals surface area contributed by atoms with E-state index in [1.54, 1.807) is 12.3 Å². The number of aryl methyl sites for hydroxylation is 2. The topological polar surface area (TPSA) is 98.4 Å². The number of carbonyl (C=O) groups excluding carboxylic acids is 2. The van der Waals surface area contributed by atoms with Gasteiger partial charge in [0.15, 0.2) is 6.29 Å². The van der Waals surface area contributed by atoms with Gasteiger partial charge in [0.2, 0.25) is 0 Å². The molecule has 0 radical (unpaired) electrons. The number of aromatic nitrogens is 2. The van der Waals surface area contributed by atoms with Crippen LogP contribution in [0.15, 0.2) is 41.3 Å². The van der Waals surface area contributed by atoms with E-state index in [0.29, 0.717) is 22.9 Å². The first-order valence-corrected chi connectivity index (χ1v) is 13.9. The summed E-state index contributed by atoms with van der Waals surface area (Å²) in [6, 6.07) is 9.75. The van der Waals surface area contributed by atoms with Crippen molar-refractivity contribution in [3.05, 3.63) is 80.5 Å². The van der Waals surface area contributed by atoms with Gasteiger partial charge < -0.3 is 15.2 Å². The fraction of sp³-hybridized carbons (Fsp3) is 0.438. The molecule has 0 bridgehead atoms. The summed E-state index contributed by atoms with van der Waals surface area (Å²) in [4.78, 5) is 49.2. The van der Waals surface area contributed by atoms with Crippen LogP contribution in [0.5, 0.6) is 0 Å². The maximum Gasteiger partial charge on any atom is 0.253 e. The molecule has 40 heavy (non-hydrogen) atoms. The van der Waals surface area contributed by atoms with Crippen molar-refractivity contribution in [2.45, 2.75) is 72.5 Å². The molecule has 4 rings (SSSR count). The molecule has 212 valence electrons. The Hall–Kier alpha value is -3.78. The van der Waals surface area contributed by atoms with Gasteiger partial charge in [-0.15, -0.1) is 0 Å². The number of pyridine rings is 2. The Labute approximate surface area is 236 Å². The van der Waals surface area contributed by atoms with Gasteiger partial charge in [0.25, 0.3) is 11.5 Å². The molecular formula is C32H41N5O3. The highest BCUT2D eigenvalue weighted by Crippen LogP contribution is 2.34. The Kier molecular flexibility index (Phi) is 8.59. The van der Waals surface area contributed by atoms with Crippen LogP contribution in [0.25, 0.3) is 11.1 Å². The maximum atomic E-state index is 13.6. The molecule has 1 saturated heterocycles. The average Bonchev–Trinajstić information content (AvgIpc) is 2.91. The Morgan fingerprint density at radius 3 is 2.40 bits per heavy atom. The van der Waals surface area contributed by atoms with Gasteiger partial charge in [-0.05, 0) is 95.3 Å². The number of piperidine rings is 1. The van der Waals surface area contributed by atoms with Crippen molar-refractivity contribution in [2.24, 2.45) is 0 Å². The second-order valence-corrected chi connectivity index (χ2v) is 11.9. The summed E-state index contributed by atoms with van der Waals surface area (Å²) in [5, 5.41) is 2.98. The second-order valence-electron chi connectivity index (χ2n) is 11.9. The Morgan fingerprint density at radius 1 is 1.12 bits per heavy atom. The number of aldehydes is 1. The van der Waals surface area contributed by atoms with E-state index in [1.807, 2.05) is 39.0 Å². The highest BCUT2D eigenvalue weighted by molar-refractivity contribution is 5.99. The lowest BCUT2D eigenvalue weighted by molar-refractivity contribution is 0.0949. The molecular weight excluding hydrogens is 502 g/mol. The Balaban J connectivity index is 1.67. The number of nitrogens with zero attached hydrogens (tertiary/aromatic N) is 3. The molecule has 1 fully saturated rings. The van der Waals surface area contributed by atoms with E-state index in [0.717, 1.165) is 65.9 Å². The molecule has 0 aliphatic carbocycles. The summed E-state index contributed by atoms with van der Waals surface area (Å²) in [7, 11) is 2.11. The van der Waals surface area contributed by atoms with E-state index >= 15 is 0 Å². The summed E-state index contributed by atoms with van der Waals surface area (Å²) in [5.74, 6) is -0.242. The molecule has 2 aromatic heterocycles. The highest BCUT2D eigenvalue weighted by Gasteiger charge is 2.30. The number of nitrogens with one attached hydrogen (secondary N) is 2. The van der Waals surface area contributed by atoms with Crippen molar-refractivity contribution >= 4 is 17.9 Å². The van der Waals surface area contributed by atoms with Gasteiger partial charge in [0, 0.05) is 72.5 Å². The van der Waals surface area contributed by atoms with E-state index in [4.69, 9.17) is 0 Å². The molecule has 2 N–H and O–H groups in total. The molecule has 8 heteroatoms. The Morgan fingerprint density at radius 2 is 1.82 bits per heavy atom. The summed E-state index contributed by atoms with van der Waals surface area (Å²) in [6.07, 6.45) is 4.45. The van der Waals surface area contributed by atoms with E-state index in [9.17, 15) is 14.4 Å². The molecule has 1 aliphatic heterocycles. The summed E-state index contributed by atoms with van der Waals surface area (Å²) < 4.78 is 0. The van der Waals surface area contributed by atoms with Crippen LogP contribution in [0.4, 0.5) is 5.69 Å². The minimum atomic E-state index is -0.242. The van der Waals surface area contributed by atoms with Crippen LogP contribution >= 0.6 is 0 Å². The molecule has 1 aliphatic rings. The molecule has 1 aromatic carbocycles. The van der Waals surface area contributed by atoms with Crippen molar-refractivity contribution in [1.29, 1.82) is 0 Å². The van der Waals surface area contributed by atoms with Crippen molar-refractivity contribution in [3.63, 3.8) is 0 Å². The molecule has 3 aromatic rings. The van der Waals surface area contributed by atoms with E-state index in [2.05, 4.69) is 59.0 Å². The largest absolute Gasteiger partial charge is 0.371 e. The highest BCUT2D eigenvalue weighted by atomic mass is 16.2. The lowest BCUT2D eigenvalue weighted by Crippen LogP contribution is -2.50. The first-order chi connectivity index (χ1) is 18.9. The second kappa shape index (κ2) is 11.8. The number of hydrogen-bond donors (Lipinski definition) is 2. The van der Waals surface area contributed by atoms with Crippen molar-refractivity contribution in [3.8, 4) is 11.1 Å². The van der Waals surface area contributed by atoms with Gasteiger partial charge in [-0.25, -0.2) is 0 Å². The first-order valence-electron chi connectivity index (χ1n) is 13.9. The molecule has 0 unspecified atom stereocenters. The van der Waals surface area contributed by atoms with Gasteiger partial charge in [-0.2, -0.15) is 0 Å². The fourth-order valence-corrected chi connectivity index (χ4v) is 5.60. The first kappa shape index (κ1) is 29.2. The third-order valence-corrected chi connectivity index (χ3v) is 8.13. The zero-order chi connectivity index (χ0) is 29.2. The number of amides is 1. The predicted molar refractivity (Wildman–Crippen MR) is 160 cm³/mol. The number of rotatable bonds is 7. The predicted octanol–water partition coefficient (Wildman–Crippen LogP) is 4.80. The maximum absolute atomic E-state index is 13.6. The van der Waals surface area contributed by atoms with Crippen LogP contribution in [0.2, 0.25) is 0 Å². The van der Waals surface area contributed by atoms with Crippen LogP contribution in [0.3, 0.4) is 0 Å². The molecule has 0 atom stereocenters. The van der Waals surface area contributed by atoms with Gasteiger partial charge >= 0.3 is 0 Å². The summed E-state index contributed by atoms with van der Waals surface area (Å²) >= 11 is 0. The van der Waals surface area contributed by atoms with E-state index < -0.39 is 0 Å². The molecule has 0 saturated carbocycles. The molecule has 0 spiro atoms. The molecule has 3 heterocycles. The number of anilines is 1. The van der Waals surface area contributed by atoms with Crippen molar-refractivity contribution < 1.29 is 9.59 Å². The minimum absolute atomic E-state index is 0.135. The number of hydrogen-bond acceptors (Lipinski definition) is 6. The van der Waals surface area contributed by atoms with Crippen molar-refractivity contribution in [2.75, 3.05) is 25.0 Å². The third kappa shape index (κ3) is 6.33. The van der Waals surface area contributed by atoms with Crippen LogP contribution in [-0.4, -0.2) is 58.8 Å². The molecule has 1 amide bonds. The van der Waals surface area contributed by atoms with Crippen LogP contribution in [0.1, 0.15) is 76.8 Å². The lowest BCUT2D eigenvalue weighted by atomic mass is 9.94. The van der Waals surface area contributed by atoms with E-state index in [-0.39, 0.29) is 23.6 Å². The van der Waals surface area contributed by atoms with Crippen molar-refractivity contribution in [1.82, 2.24) is 20.2 Å². The SMILES string of the molecule is Cc1cc(C)c(CNC(=O)c2cc(-c3ccc(C=O)nc3)cc(N(C)C3CCN(C(C)(C)C)CC3)c2C)c(=O)[nH]1. The zero-order valence-corrected chi connectivity index (χ0v) is 24.7. The monoisotopic (exact) mass is 543 g/mol. The van der Waals surface area contributed by atoms with Crippen LogP contribution < -0.4 is 15.8 Å². The summed E-state index contributed by atoms with van der Waals surface area (Å²) in [6.45, 7) is 14.6. The number of likely N-dealkylation sites (tertiary alicyclic amines) is 1. The van der Waals surface area contributed by atoms with Gasteiger partial charge in [0.1, 0.15) is 5.69 Å². The number of carbonyl (C=O) groups is 2. The quantitative estimate of drug-likeness (QED) is 0.415. The van der Waals surface area contributed by atoms with Gasteiger partial charge in [-0.1, -0.05) is 6.07 Å². The molecule has 8 nitrogen and oxygen atoms in total. The third-order valence-electron chi connectivity index (χ3n) is 8.13. The van der Waals surface area contributed by atoms with Gasteiger partial charge in [0.05, 0.1) is 0 Å². The van der Waals surface area contributed by atoms with E-state index in [1.165, 1.54) is 0 Å². The zero-order valence-electron chi connectivity index (χ0n) is 24.7. The number of H-pyrrole nitrogens is 1. The normalized spacial score (nSPS) is 14.7. The smallest absolute Gasteiger partial charge is 0.253 e. The minimum Gasteiger partial charge on any atom is -0.371 e. The average molecular weight is 544 g/mol. The standard InChI is InChI=1S/C32H41N5O3/c1-20-14-21(2)35-31(40)28(20)18-34-30(39)27-15-24(23-8-9-25(19-38)33-17-23)16-29(22(27)3)36(7)26-10-12-37(13-11-26)32(4,5)6/h8-9,14-17,19,26H,10-13,18H2,1-7H3,(H,34,39)(H,35,40).